The Bertz CT molecular complexity index is 1470. The molecule has 8 nitrogen and oxygen atoms in total. The minimum atomic E-state index is -4.13. The van der Waals surface area contributed by atoms with Crippen LogP contribution in [0.5, 0.6) is 5.75 Å². The summed E-state index contributed by atoms with van der Waals surface area (Å²) in [5.74, 6) is -0.0783. The lowest BCUT2D eigenvalue weighted by molar-refractivity contribution is -0.140. The molecule has 0 aromatic heterocycles. The average Bonchev–Trinajstić information content (AvgIpc) is 2.97. The summed E-state index contributed by atoms with van der Waals surface area (Å²) in [4.78, 5) is 29.3. The van der Waals surface area contributed by atoms with Crippen molar-refractivity contribution in [1.82, 2.24) is 10.2 Å². The number of anilines is 1. The monoisotopic (exact) mass is 593 g/mol. The second-order valence-corrected chi connectivity index (χ2v) is 12.5. The lowest BCUT2D eigenvalue weighted by atomic mass is 10.1. The van der Waals surface area contributed by atoms with Crippen molar-refractivity contribution >= 4 is 27.5 Å². The smallest absolute Gasteiger partial charge is 0.264 e. The molecule has 3 rings (SSSR count). The number of sulfonamides is 1. The predicted octanol–water partition coefficient (Wildman–Crippen LogP) is 5.54. The van der Waals surface area contributed by atoms with Crippen molar-refractivity contribution in [3.63, 3.8) is 0 Å². The number of hydrogen-bond donors (Lipinski definition) is 1. The number of ether oxygens (including phenoxy) is 1. The van der Waals surface area contributed by atoms with Gasteiger partial charge in [0, 0.05) is 12.6 Å². The Hall–Kier alpha value is -3.85. The number of nitrogens with zero attached hydrogens (tertiary/aromatic N) is 2. The van der Waals surface area contributed by atoms with Gasteiger partial charge in [-0.2, -0.15) is 0 Å². The third-order valence-electron chi connectivity index (χ3n) is 7.63. The molecule has 3 aromatic rings. The highest BCUT2D eigenvalue weighted by atomic mass is 32.2. The second kappa shape index (κ2) is 14.4. The first kappa shape index (κ1) is 32.7. The summed E-state index contributed by atoms with van der Waals surface area (Å²) in [6.07, 6.45) is 1.10. The topological polar surface area (TPSA) is 96.0 Å². The molecule has 0 bridgehead atoms. The number of methoxy groups -OCH3 is 1. The first-order valence-electron chi connectivity index (χ1n) is 14.3. The largest absolute Gasteiger partial charge is 0.497 e. The van der Waals surface area contributed by atoms with Crippen molar-refractivity contribution < 1.29 is 22.7 Å². The maximum Gasteiger partial charge on any atom is 0.264 e. The predicted molar refractivity (Wildman–Crippen MR) is 167 cm³/mol. The van der Waals surface area contributed by atoms with Crippen LogP contribution in [0.25, 0.3) is 0 Å². The average molecular weight is 594 g/mol. The zero-order valence-corrected chi connectivity index (χ0v) is 26.5. The van der Waals surface area contributed by atoms with Gasteiger partial charge in [-0.05, 0) is 87.6 Å². The van der Waals surface area contributed by atoms with Gasteiger partial charge in [-0.25, -0.2) is 8.42 Å². The SMILES string of the molecule is CC[C@H](C(=O)N[C@@H](C)CC)N(Cc1ccc(OC)cc1)C(=O)CN(c1cccc(C)c1C)S(=O)(=O)c1ccc(C)cc1. The van der Waals surface area contributed by atoms with E-state index in [2.05, 4.69) is 5.32 Å². The molecule has 2 amide bonds. The van der Waals surface area contributed by atoms with Gasteiger partial charge in [-0.15, -0.1) is 0 Å². The lowest BCUT2D eigenvalue weighted by Gasteiger charge is -2.34. The minimum Gasteiger partial charge on any atom is -0.497 e. The van der Waals surface area contributed by atoms with Crippen LogP contribution < -0.4 is 14.4 Å². The van der Waals surface area contributed by atoms with Crippen molar-refractivity contribution in [2.24, 2.45) is 0 Å². The summed E-state index contributed by atoms with van der Waals surface area (Å²) >= 11 is 0. The lowest BCUT2D eigenvalue weighted by Crippen LogP contribution is -2.53. The van der Waals surface area contributed by atoms with E-state index < -0.39 is 28.5 Å². The number of carbonyl (C=O) groups is 2. The number of carbonyl (C=O) groups excluding carboxylic acids is 2. The van der Waals surface area contributed by atoms with Crippen LogP contribution >= 0.6 is 0 Å². The van der Waals surface area contributed by atoms with Crippen molar-refractivity contribution in [1.29, 1.82) is 0 Å². The Morgan fingerprint density at radius 1 is 0.905 bits per heavy atom. The number of rotatable bonds is 13. The van der Waals surface area contributed by atoms with Gasteiger partial charge < -0.3 is 15.0 Å². The van der Waals surface area contributed by atoms with Gasteiger partial charge in [0.1, 0.15) is 18.3 Å². The van der Waals surface area contributed by atoms with Gasteiger partial charge in [0.15, 0.2) is 0 Å². The molecule has 0 heterocycles. The van der Waals surface area contributed by atoms with E-state index in [1.807, 2.05) is 59.7 Å². The van der Waals surface area contributed by atoms with E-state index in [1.165, 1.54) is 9.21 Å². The van der Waals surface area contributed by atoms with Crippen molar-refractivity contribution in [3.05, 3.63) is 89.0 Å². The van der Waals surface area contributed by atoms with Crippen LogP contribution in [-0.4, -0.2) is 50.9 Å². The van der Waals surface area contributed by atoms with Crippen LogP contribution in [0.1, 0.15) is 55.9 Å². The number of nitrogens with one attached hydrogen (secondary N) is 1. The van der Waals surface area contributed by atoms with Crippen molar-refractivity contribution in [2.45, 2.75) is 77.9 Å². The van der Waals surface area contributed by atoms with E-state index in [9.17, 15) is 18.0 Å². The van der Waals surface area contributed by atoms with E-state index in [4.69, 9.17) is 4.74 Å². The molecule has 0 aliphatic heterocycles. The van der Waals surface area contributed by atoms with Gasteiger partial charge in [0.05, 0.1) is 17.7 Å². The standard InChI is InChI=1S/C33H43N3O5S/c1-8-25(5)34-33(38)30(9-2)35(21-27-15-17-28(41-7)18-16-27)32(37)22-36(31-12-10-11-24(4)26(31)6)42(39,40)29-19-13-23(3)14-20-29/h10-20,25,30H,8-9,21-22H2,1-7H3,(H,34,38)/t25-,30+/m0/s1. The van der Waals surface area contributed by atoms with Crippen molar-refractivity contribution in [3.8, 4) is 5.75 Å². The molecule has 2 atom stereocenters. The molecule has 1 N–H and O–H groups in total. The van der Waals surface area contributed by atoms with E-state index in [0.29, 0.717) is 17.9 Å². The molecule has 0 aliphatic rings. The summed E-state index contributed by atoms with van der Waals surface area (Å²) in [5, 5.41) is 3.00. The molecule has 3 aromatic carbocycles. The zero-order chi connectivity index (χ0) is 31.0. The first-order chi connectivity index (χ1) is 19.9. The maximum atomic E-state index is 14.3. The van der Waals surface area contributed by atoms with Gasteiger partial charge in [0.25, 0.3) is 10.0 Å². The van der Waals surface area contributed by atoms with Crippen LogP contribution in [0.15, 0.2) is 71.6 Å². The molecular weight excluding hydrogens is 550 g/mol. The first-order valence-corrected chi connectivity index (χ1v) is 15.7. The third-order valence-corrected chi connectivity index (χ3v) is 9.41. The molecule has 0 radical (unpaired) electrons. The van der Waals surface area contributed by atoms with Gasteiger partial charge in [0.2, 0.25) is 11.8 Å². The molecule has 226 valence electrons. The molecule has 0 spiro atoms. The van der Waals surface area contributed by atoms with Gasteiger partial charge in [-0.1, -0.05) is 55.8 Å². The van der Waals surface area contributed by atoms with Crippen LogP contribution in [-0.2, 0) is 26.2 Å². The number of hydrogen-bond acceptors (Lipinski definition) is 5. The number of benzene rings is 3. The Kier molecular flexibility index (Phi) is 11.2. The summed E-state index contributed by atoms with van der Waals surface area (Å²) < 4.78 is 34.7. The van der Waals surface area contributed by atoms with Crippen LogP contribution in [0.4, 0.5) is 5.69 Å². The quantitative estimate of drug-likeness (QED) is 0.281. The van der Waals surface area contributed by atoms with Crippen LogP contribution in [0.2, 0.25) is 0 Å². The third kappa shape index (κ3) is 7.70. The van der Waals surface area contributed by atoms with E-state index >= 15 is 0 Å². The molecule has 0 saturated heterocycles. The fourth-order valence-electron chi connectivity index (χ4n) is 4.64. The molecule has 42 heavy (non-hydrogen) atoms. The van der Waals surface area contributed by atoms with Gasteiger partial charge >= 0.3 is 0 Å². The maximum absolute atomic E-state index is 14.3. The zero-order valence-electron chi connectivity index (χ0n) is 25.7. The van der Waals surface area contributed by atoms with E-state index in [1.54, 1.807) is 55.6 Å². The van der Waals surface area contributed by atoms with Crippen LogP contribution in [0.3, 0.4) is 0 Å². The minimum absolute atomic E-state index is 0.0714. The van der Waals surface area contributed by atoms with Crippen LogP contribution in [0, 0.1) is 20.8 Å². The fourth-order valence-corrected chi connectivity index (χ4v) is 6.12. The molecule has 0 saturated carbocycles. The highest BCUT2D eigenvalue weighted by Gasteiger charge is 2.34. The van der Waals surface area contributed by atoms with Gasteiger partial charge in [-0.3, -0.25) is 13.9 Å². The Morgan fingerprint density at radius 2 is 1.55 bits per heavy atom. The van der Waals surface area contributed by atoms with Crippen molar-refractivity contribution in [2.75, 3.05) is 18.0 Å². The number of amides is 2. The fraction of sp³-hybridized carbons (Fsp3) is 0.394. The Morgan fingerprint density at radius 3 is 2.12 bits per heavy atom. The molecule has 0 aliphatic carbocycles. The van der Waals surface area contributed by atoms with E-state index in [-0.39, 0.29) is 23.4 Å². The summed E-state index contributed by atoms with van der Waals surface area (Å²) in [7, 11) is -2.55. The van der Waals surface area contributed by atoms with E-state index in [0.717, 1.165) is 28.7 Å². The Labute approximate surface area is 250 Å². The summed E-state index contributed by atoms with van der Waals surface area (Å²) in [5.41, 5.74) is 3.79. The number of aryl methyl sites for hydroxylation is 2. The highest BCUT2D eigenvalue weighted by Crippen LogP contribution is 2.29. The highest BCUT2D eigenvalue weighted by molar-refractivity contribution is 7.92. The summed E-state index contributed by atoms with van der Waals surface area (Å²) in [6, 6.07) is 18.4. The Balaban J connectivity index is 2.09. The normalized spacial score (nSPS) is 12.7. The molecule has 9 heteroatoms. The molecule has 0 fully saturated rings. The second-order valence-electron chi connectivity index (χ2n) is 10.7. The molecular formula is C33H43N3O5S. The summed E-state index contributed by atoms with van der Waals surface area (Å²) in [6.45, 7) is 11.0. The molecule has 0 unspecified atom stereocenters.